The van der Waals surface area contributed by atoms with Crippen LogP contribution in [0.25, 0.3) is 22.2 Å². The summed E-state index contributed by atoms with van der Waals surface area (Å²) in [7, 11) is 0. The predicted octanol–water partition coefficient (Wildman–Crippen LogP) is 4.07. The van der Waals surface area contributed by atoms with E-state index in [2.05, 4.69) is 33.6 Å². The highest BCUT2D eigenvalue weighted by atomic mass is 16.4. The minimum atomic E-state index is 0.231. The summed E-state index contributed by atoms with van der Waals surface area (Å²) >= 11 is 0. The third-order valence-corrected chi connectivity index (χ3v) is 5.04. The van der Waals surface area contributed by atoms with Crippen LogP contribution in [0.15, 0.2) is 57.4 Å². The van der Waals surface area contributed by atoms with E-state index in [9.17, 15) is 0 Å². The Hall–Kier alpha value is -3.02. The molecule has 6 heteroatoms. The van der Waals surface area contributed by atoms with E-state index in [0.29, 0.717) is 12.0 Å². The topological polar surface area (TPSA) is 58.5 Å². The molecule has 132 valence electrons. The number of anilines is 2. The lowest BCUT2D eigenvalue weighted by atomic mass is 10.1. The number of fused-ring (bicyclic) bond motifs is 2. The van der Waals surface area contributed by atoms with Gasteiger partial charge in [-0.1, -0.05) is 24.3 Å². The second kappa shape index (κ2) is 5.76. The van der Waals surface area contributed by atoms with Crippen LogP contribution in [0.2, 0.25) is 0 Å². The molecule has 0 saturated carbocycles. The van der Waals surface area contributed by atoms with E-state index in [0.717, 1.165) is 35.3 Å². The van der Waals surface area contributed by atoms with Crippen molar-refractivity contribution in [3.63, 3.8) is 0 Å². The Balaban J connectivity index is 1.43. The molecule has 26 heavy (non-hydrogen) atoms. The summed E-state index contributed by atoms with van der Waals surface area (Å²) in [6.45, 7) is 5.95. The Morgan fingerprint density at radius 1 is 0.731 bits per heavy atom. The minimum absolute atomic E-state index is 0.231. The van der Waals surface area contributed by atoms with Gasteiger partial charge in [-0.3, -0.25) is 0 Å². The van der Waals surface area contributed by atoms with Gasteiger partial charge in [-0.05, 0) is 38.1 Å². The fourth-order valence-corrected chi connectivity index (χ4v) is 3.63. The number of nitrogens with zero attached hydrogens (tertiary/aromatic N) is 4. The van der Waals surface area contributed by atoms with E-state index in [1.807, 2.05) is 48.5 Å². The maximum absolute atomic E-state index is 5.97. The standard InChI is InChI=1S/C20H20N4O2/c1-13-11-24(20-22-16-8-4-6-10-18(16)26-20)14(2)12-23(13)19-21-15-7-3-5-9-17(15)25-19/h3-10,13-14H,11-12H2,1-2H3/t13-,14+. The number of benzene rings is 2. The summed E-state index contributed by atoms with van der Waals surface area (Å²) in [5.41, 5.74) is 3.43. The highest BCUT2D eigenvalue weighted by Gasteiger charge is 2.34. The molecular weight excluding hydrogens is 328 g/mol. The second-order valence-electron chi connectivity index (χ2n) is 6.93. The molecule has 2 atom stereocenters. The molecule has 1 aliphatic rings. The summed E-state index contributed by atoms with van der Waals surface area (Å²) in [6, 6.07) is 17.6. The average molecular weight is 348 g/mol. The highest BCUT2D eigenvalue weighted by molar-refractivity contribution is 5.75. The Morgan fingerprint density at radius 3 is 1.58 bits per heavy atom. The van der Waals surface area contributed by atoms with Gasteiger partial charge in [0.25, 0.3) is 12.0 Å². The van der Waals surface area contributed by atoms with Crippen molar-refractivity contribution in [1.82, 2.24) is 9.97 Å². The molecule has 0 unspecified atom stereocenters. The van der Waals surface area contributed by atoms with Crippen molar-refractivity contribution in [1.29, 1.82) is 0 Å². The van der Waals surface area contributed by atoms with Crippen molar-refractivity contribution in [2.75, 3.05) is 22.9 Å². The first kappa shape index (κ1) is 15.3. The van der Waals surface area contributed by atoms with Gasteiger partial charge in [-0.25, -0.2) is 0 Å². The van der Waals surface area contributed by atoms with E-state index in [4.69, 9.17) is 8.83 Å². The van der Waals surface area contributed by atoms with Crippen LogP contribution in [0.1, 0.15) is 13.8 Å². The summed E-state index contributed by atoms with van der Waals surface area (Å²) in [6.07, 6.45) is 0. The van der Waals surface area contributed by atoms with Gasteiger partial charge in [0.2, 0.25) is 0 Å². The smallest absolute Gasteiger partial charge is 0.298 e. The zero-order valence-electron chi connectivity index (χ0n) is 14.8. The number of hydrogen-bond acceptors (Lipinski definition) is 6. The SMILES string of the molecule is C[C@@H]1CN(c2nc3ccccc3o2)[C@@H](C)CN1c1nc2ccccc2o1. The fourth-order valence-electron chi connectivity index (χ4n) is 3.63. The van der Waals surface area contributed by atoms with Gasteiger partial charge in [-0.15, -0.1) is 0 Å². The van der Waals surface area contributed by atoms with Gasteiger partial charge in [0.1, 0.15) is 11.0 Å². The van der Waals surface area contributed by atoms with Gasteiger partial charge in [-0.2, -0.15) is 9.97 Å². The fraction of sp³-hybridized carbons (Fsp3) is 0.300. The van der Waals surface area contributed by atoms with Crippen LogP contribution in [0, 0.1) is 0 Å². The lowest BCUT2D eigenvalue weighted by Crippen LogP contribution is -2.57. The van der Waals surface area contributed by atoms with Crippen LogP contribution in [0.4, 0.5) is 12.0 Å². The number of hydrogen-bond donors (Lipinski definition) is 0. The highest BCUT2D eigenvalue weighted by Crippen LogP contribution is 2.30. The Bertz CT molecular complexity index is 918. The number of piperazine rings is 1. The van der Waals surface area contributed by atoms with Gasteiger partial charge in [0.05, 0.1) is 0 Å². The number of rotatable bonds is 2. The lowest BCUT2D eigenvalue weighted by Gasteiger charge is -2.42. The van der Waals surface area contributed by atoms with Crippen molar-refractivity contribution in [3.8, 4) is 0 Å². The molecule has 0 amide bonds. The molecule has 0 spiro atoms. The summed E-state index contributed by atoms with van der Waals surface area (Å²) in [5.74, 6) is 0. The van der Waals surface area contributed by atoms with Crippen molar-refractivity contribution in [2.24, 2.45) is 0 Å². The number of oxazole rings is 2. The molecule has 2 aromatic heterocycles. The monoisotopic (exact) mass is 348 g/mol. The first-order valence-corrected chi connectivity index (χ1v) is 8.93. The third kappa shape index (κ3) is 2.41. The van der Waals surface area contributed by atoms with Crippen LogP contribution in [-0.4, -0.2) is 35.1 Å². The number of para-hydroxylation sites is 4. The van der Waals surface area contributed by atoms with E-state index in [-0.39, 0.29) is 12.1 Å². The second-order valence-corrected chi connectivity index (χ2v) is 6.93. The zero-order chi connectivity index (χ0) is 17.7. The van der Waals surface area contributed by atoms with Crippen LogP contribution < -0.4 is 9.80 Å². The zero-order valence-corrected chi connectivity index (χ0v) is 14.8. The number of aromatic nitrogens is 2. The average Bonchev–Trinajstić information content (AvgIpc) is 3.26. The van der Waals surface area contributed by atoms with E-state index in [1.165, 1.54) is 0 Å². The van der Waals surface area contributed by atoms with Crippen LogP contribution >= 0.6 is 0 Å². The van der Waals surface area contributed by atoms with E-state index in [1.54, 1.807) is 0 Å². The molecule has 2 aromatic carbocycles. The molecule has 0 aliphatic carbocycles. The lowest BCUT2D eigenvalue weighted by molar-refractivity contribution is 0.417. The molecule has 6 nitrogen and oxygen atoms in total. The molecule has 1 aliphatic heterocycles. The van der Waals surface area contributed by atoms with Crippen LogP contribution in [0.5, 0.6) is 0 Å². The molecule has 1 fully saturated rings. The van der Waals surface area contributed by atoms with Gasteiger partial charge >= 0.3 is 0 Å². The van der Waals surface area contributed by atoms with Crippen molar-refractivity contribution in [2.45, 2.75) is 25.9 Å². The maximum Gasteiger partial charge on any atom is 0.298 e. The quantitative estimate of drug-likeness (QED) is 0.544. The van der Waals surface area contributed by atoms with Crippen molar-refractivity contribution < 1.29 is 8.83 Å². The first-order chi connectivity index (χ1) is 12.7. The molecule has 0 radical (unpaired) electrons. The van der Waals surface area contributed by atoms with E-state index >= 15 is 0 Å². The first-order valence-electron chi connectivity index (χ1n) is 8.93. The Morgan fingerprint density at radius 2 is 1.15 bits per heavy atom. The van der Waals surface area contributed by atoms with Crippen molar-refractivity contribution >= 4 is 34.2 Å². The summed E-state index contributed by atoms with van der Waals surface area (Å²) in [5, 5.41) is 0. The molecule has 0 bridgehead atoms. The molecule has 4 aromatic rings. The normalized spacial score (nSPS) is 21.0. The molecule has 5 rings (SSSR count). The van der Waals surface area contributed by atoms with Crippen LogP contribution in [-0.2, 0) is 0 Å². The Labute approximate surface area is 151 Å². The predicted molar refractivity (Wildman–Crippen MR) is 102 cm³/mol. The molecule has 0 N–H and O–H groups in total. The van der Waals surface area contributed by atoms with Crippen LogP contribution in [0.3, 0.4) is 0 Å². The third-order valence-electron chi connectivity index (χ3n) is 5.04. The largest absolute Gasteiger partial charge is 0.423 e. The van der Waals surface area contributed by atoms with Gasteiger partial charge in [0, 0.05) is 25.2 Å². The van der Waals surface area contributed by atoms with Gasteiger partial charge in [0.15, 0.2) is 11.2 Å². The summed E-state index contributed by atoms with van der Waals surface area (Å²) < 4.78 is 11.9. The maximum atomic E-state index is 5.97. The van der Waals surface area contributed by atoms with Crippen molar-refractivity contribution in [3.05, 3.63) is 48.5 Å². The van der Waals surface area contributed by atoms with E-state index < -0.39 is 0 Å². The van der Waals surface area contributed by atoms with Gasteiger partial charge < -0.3 is 18.6 Å². The Kier molecular flexibility index (Phi) is 3.38. The molecular formula is C20H20N4O2. The summed E-state index contributed by atoms with van der Waals surface area (Å²) in [4.78, 5) is 13.8. The molecule has 3 heterocycles. The minimum Gasteiger partial charge on any atom is -0.423 e. The molecule has 1 saturated heterocycles.